The number of hydrogen-bond donors (Lipinski definition) is 1. The molecule has 4 nitrogen and oxygen atoms in total. The SMILES string of the molecule is CN(CCC(=O)N1CCNCC1)Cc1c(Cl)cccc1Cl.Cl. The molecule has 0 atom stereocenters. The Bertz CT molecular complexity index is 473. The zero-order valence-corrected chi connectivity index (χ0v) is 15.0. The van der Waals surface area contributed by atoms with Crippen LogP contribution < -0.4 is 5.32 Å². The molecule has 0 radical (unpaired) electrons. The third-order valence-electron chi connectivity index (χ3n) is 3.67. The molecule has 1 heterocycles. The van der Waals surface area contributed by atoms with Crippen LogP contribution in [0.25, 0.3) is 0 Å². The molecule has 22 heavy (non-hydrogen) atoms. The Morgan fingerprint density at radius 1 is 1.27 bits per heavy atom. The van der Waals surface area contributed by atoms with Crippen molar-refractivity contribution in [3.05, 3.63) is 33.8 Å². The van der Waals surface area contributed by atoms with Gasteiger partial charge in [-0.05, 0) is 19.2 Å². The summed E-state index contributed by atoms with van der Waals surface area (Å²) in [6.45, 7) is 4.73. The largest absolute Gasteiger partial charge is 0.340 e. The molecule has 7 heteroatoms. The number of carbonyl (C=O) groups is 1. The molecule has 0 unspecified atom stereocenters. The second-order valence-electron chi connectivity index (χ2n) is 5.32. The van der Waals surface area contributed by atoms with E-state index in [1.54, 1.807) is 0 Å². The number of carbonyl (C=O) groups excluding carboxylic acids is 1. The van der Waals surface area contributed by atoms with Gasteiger partial charge in [0.1, 0.15) is 0 Å². The monoisotopic (exact) mass is 365 g/mol. The van der Waals surface area contributed by atoms with Crippen LogP contribution in [-0.4, -0.2) is 55.5 Å². The molecule has 0 saturated carbocycles. The lowest BCUT2D eigenvalue weighted by atomic mass is 10.2. The van der Waals surface area contributed by atoms with Crippen molar-refractivity contribution in [2.45, 2.75) is 13.0 Å². The van der Waals surface area contributed by atoms with Crippen LogP contribution in [0.3, 0.4) is 0 Å². The molecule has 2 rings (SSSR count). The van der Waals surface area contributed by atoms with Crippen LogP contribution in [0.15, 0.2) is 18.2 Å². The zero-order valence-electron chi connectivity index (χ0n) is 12.6. The van der Waals surface area contributed by atoms with Crippen molar-refractivity contribution in [2.75, 3.05) is 39.8 Å². The van der Waals surface area contributed by atoms with Gasteiger partial charge in [-0.25, -0.2) is 0 Å². The van der Waals surface area contributed by atoms with E-state index in [2.05, 4.69) is 10.2 Å². The van der Waals surface area contributed by atoms with Gasteiger partial charge in [-0.1, -0.05) is 29.3 Å². The number of nitrogens with zero attached hydrogens (tertiary/aromatic N) is 2. The lowest BCUT2D eigenvalue weighted by molar-refractivity contribution is -0.132. The lowest BCUT2D eigenvalue weighted by Gasteiger charge is -2.28. The molecular weight excluding hydrogens is 345 g/mol. The molecule has 1 amide bonds. The average molecular weight is 367 g/mol. The fourth-order valence-electron chi connectivity index (χ4n) is 2.39. The Kier molecular flexibility index (Phi) is 8.50. The standard InChI is InChI=1S/C15H21Cl2N3O.ClH/c1-19(11-12-13(16)3-2-4-14(12)17)8-5-15(21)20-9-6-18-7-10-20;/h2-4,18H,5-11H2,1H3;1H. The van der Waals surface area contributed by atoms with Gasteiger partial charge in [0.2, 0.25) is 5.91 Å². The highest BCUT2D eigenvalue weighted by molar-refractivity contribution is 6.35. The summed E-state index contributed by atoms with van der Waals surface area (Å²) < 4.78 is 0. The second-order valence-corrected chi connectivity index (χ2v) is 6.13. The van der Waals surface area contributed by atoms with Crippen molar-refractivity contribution < 1.29 is 4.79 Å². The van der Waals surface area contributed by atoms with Crippen LogP contribution in [0.1, 0.15) is 12.0 Å². The molecule has 1 aliphatic heterocycles. The Morgan fingerprint density at radius 2 is 1.86 bits per heavy atom. The maximum atomic E-state index is 12.1. The molecule has 0 aliphatic carbocycles. The topological polar surface area (TPSA) is 35.6 Å². The molecule has 1 aromatic rings. The number of amides is 1. The minimum absolute atomic E-state index is 0. The maximum Gasteiger partial charge on any atom is 0.223 e. The zero-order chi connectivity index (χ0) is 15.2. The fourth-order valence-corrected chi connectivity index (χ4v) is 2.91. The van der Waals surface area contributed by atoms with Crippen molar-refractivity contribution in [1.82, 2.24) is 15.1 Å². The maximum absolute atomic E-state index is 12.1. The van der Waals surface area contributed by atoms with Gasteiger partial charge in [-0.15, -0.1) is 12.4 Å². The van der Waals surface area contributed by atoms with Gasteiger partial charge in [0, 0.05) is 61.3 Å². The first-order valence-corrected chi connectivity index (χ1v) is 7.93. The van der Waals surface area contributed by atoms with E-state index in [9.17, 15) is 4.79 Å². The summed E-state index contributed by atoms with van der Waals surface area (Å²) >= 11 is 12.3. The summed E-state index contributed by atoms with van der Waals surface area (Å²) in [7, 11) is 1.98. The van der Waals surface area contributed by atoms with Crippen molar-refractivity contribution in [1.29, 1.82) is 0 Å². The highest BCUT2D eigenvalue weighted by atomic mass is 35.5. The van der Waals surface area contributed by atoms with Gasteiger partial charge < -0.3 is 15.1 Å². The number of hydrogen-bond acceptors (Lipinski definition) is 3. The van der Waals surface area contributed by atoms with E-state index in [0.717, 1.165) is 31.7 Å². The number of halogens is 3. The first-order valence-electron chi connectivity index (χ1n) is 7.18. The third kappa shape index (κ3) is 5.60. The average Bonchev–Trinajstić information content (AvgIpc) is 2.49. The number of piperazine rings is 1. The first kappa shape index (κ1) is 19.5. The van der Waals surface area contributed by atoms with Gasteiger partial charge in [0.05, 0.1) is 0 Å². The Morgan fingerprint density at radius 3 is 2.45 bits per heavy atom. The fraction of sp³-hybridized carbons (Fsp3) is 0.533. The van der Waals surface area contributed by atoms with Crippen molar-refractivity contribution in [2.24, 2.45) is 0 Å². The summed E-state index contributed by atoms with van der Waals surface area (Å²) in [5.41, 5.74) is 0.915. The molecule has 1 N–H and O–H groups in total. The van der Waals surface area contributed by atoms with Crippen molar-refractivity contribution in [3.63, 3.8) is 0 Å². The quantitative estimate of drug-likeness (QED) is 0.870. The van der Waals surface area contributed by atoms with Crippen LogP contribution in [-0.2, 0) is 11.3 Å². The summed E-state index contributed by atoms with van der Waals surface area (Å²) in [5.74, 6) is 0.216. The Hall–Kier alpha value is -0.520. The van der Waals surface area contributed by atoms with Crippen LogP contribution in [0.5, 0.6) is 0 Å². The molecule has 0 spiro atoms. The van der Waals surface area contributed by atoms with E-state index < -0.39 is 0 Å². The molecule has 1 fully saturated rings. The molecule has 1 aromatic carbocycles. The van der Waals surface area contributed by atoms with Crippen LogP contribution in [0, 0.1) is 0 Å². The van der Waals surface area contributed by atoms with E-state index in [1.165, 1.54) is 0 Å². The minimum Gasteiger partial charge on any atom is -0.340 e. The van der Waals surface area contributed by atoms with E-state index in [-0.39, 0.29) is 18.3 Å². The normalized spacial score (nSPS) is 14.8. The lowest BCUT2D eigenvalue weighted by Crippen LogP contribution is -2.47. The summed E-state index contributed by atoms with van der Waals surface area (Å²) in [4.78, 5) is 16.1. The van der Waals surface area contributed by atoms with Crippen LogP contribution in [0.4, 0.5) is 0 Å². The van der Waals surface area contributed by atoms with Gasteiger partial charge >= 0.3 is 0 Å². The molecule has 0 bridgehead atoms. The van der Waals surface area contributed by atoms with E-state index in [4.69, 9.17) is 23.2 Å². The highest BCUT2D eigenvalue weighted by Gasteiger charge is 2.16. The Labute approximate surface area is 148 Å². The highest BCUT2D eigenvalue weighted by Crippen LogP contribution is 2.25. The van der Waals surface area contributed by atoms with Gasteiger partial charge in [-0.2, -0.15) is 0 Å². The first-order chi connectivity index (χ1) is 10.1. The van der Waals surface area contributed by atoms with E-state index >= 15 is 0 Å². The molecule has 1 saturated heterocycles. The minimum atomic E-state index is 0. The Balaban J connectivity index is 0.00000242. The van der Waals surface area contributed by atoms with Gasteiger partial charge in [0.25, 0.3) is 0 Å². The van der Waals surface area contributed by atoms with Crippen molar-refractivity contribution in [3.8, 4) is 0 Å². The second kappa shape index (κ2) is 9.58. The number of nitrogens with one attached hydrogen (secondary N) is 1. The predicted molar refractivity (Wildman–Crippen MR) is 94.1 cm³/mol. The van der Waals surface area contributed by atoms with Crippen LogP contribution >= 0.6 is 35.6 Å². The van der Waals surface area contributed by atoms with Crippen molar-refractivity contribution >= 4 is 41.5 Å². The molecule has 1 aliphatic rings. The summed E-state index contributed by atoms with van der Waals surface area (Å²) in [6.07, 6.45) is 0.526. The van der Waals surface area contributed by atoms with E-state index in [1.807, 2.05) is 30.1 Å². The third-order valence-corrected chi connectivity index (χ3v) is 4.38. The van der Waals surface area contributed by atoms with Crippen LogP contribution in [0.2, 0.25) is 10.0 Å². The van der Waals surface area contributed by atoms with Gasteiger partial charge in [0.15, 0.2) is 0 Å². The molecule has 0 aromatic heterocycles. The molecule has 124 valence electrons. The molecular formula is C15H22Cl3N3O. The number of rotatable bonds is 5. The summed E-state index contributed by atoms with van der Waals surface area (Å²) in [5, 5.41) is 4.58. The predicted octanol–water partition coefficient (Wildman–Crippen LogP) is 2.67. The van der Waals surface area contributed by atoms with E-state index in [0.29, 0.717) is 29.6 Å². The van der Waals surface area contributed by atoms with Gasteiger partial charge in [-0.3, -0.25) is 4.79 Å². The smallest absolute Gasteiger partial charge is 0.223 e. The summed E-state index contributed by atoms with van der Waals surface area (Å²) in [6, 6.07) is 5.51. The number of benzene rings is 1.